The van der Waals surface area contributed by atoms with Crippen molar-refractivity contribution in [2.24, 2.45) is 0 Å². The Bertz CT molecular complexity index is 837. The number of carbonyl (C=O) groups is 1. The van der Waals surface area contributed by atoms with Crippen LogP contribution in [0.2, 0.25) is 0 Å². The molecule has 0 fully saturated rings. The van der Waals surface area contributed by atoms with Gasteiger partial charge in [0.15, 0.2) is 0 Å². The number of aliphatic hydroxyl groups is 1. The van der Waals surface area contributed by atoms with E-state index in [0.717, 1.165) is 22.5 Å². The minimum atomic E-state index is -4.18. The standard InChI is InChI=1S/C16H16FNO5S/c1-11(19)10-18(12-5-3-2-4-6-12)24(22,23)13-7-8-15(17)14(9-13)16(20)21/h2-9,11,19H,10H2,1H3,(H,20,21)/t11-/m1/s1. The fraction of sp³-hybridized carbons (Fsp3) is 0.188. The number of hydrogen-bond donors (Lipinski definition) is 2. The molecule has 0 aliphatic heterocycles. The van der Waals surface area contributed by atoms with E-state index < -0.39 is 33.5 Å². The van der Waals surface area contributed by atoms with E-state index in [1.54, 1.807) is 30.3 Å². The first kappa shape index (κ1) is 17.9. The summed E-state index contributed by atoms with van der Waals surface area (Å²) in [7, 11) is -4.18. The molecule has 0 heterocycles. The van der Waals surface area contributed by atoms with Crippen molar-refractivity contribution in [3.05, 3.63) is 59.9 Å². The number of benzene rings is 2. The van der Waals surface area contributed by atoms with Crippen LogP contribution >= 0.6 is 0 Å². The first-order valence-corrected chi connectivity index (χ1v) is 8.46. The van der Waals surface area contributed by atoms with Crippen LogP contribution in [0.3, 0.4) is 0 Å². The number of aromatic carboxylic acids is 1. The first-order chi connectivity index (χ1) is 11.2. The molecule has 128 valence electrons. The highest BCUT2D eigenvalue weighted by atomic mass is 32.2. The predicted octanol–water partition coefficient (Wildman–Crippen LogP) is 2.10. The Labute approximate surface area is 138 Å². The van der Waals surface area contributed by atoms with Crippen molar-refractivity contribution in [3.8, 4) is 0 Å². The Hall–Kier alpha value is -2.45. The number of rotatable bonds is 6. The van der Waals surface area contributed by atoms with Crippen LogP contribution in [-0.4, -0.2) is 37.2 Å². The molecular weight excluding hydrogens is 337 g/mol. The molecule has 2 rings (SSSR count). The molecule has 2 aromatic carbocycles. The zero-order valence-corrected chi connectivity index (χ0v) is 13.6. The van der Waals surface area contributed by atoms with Gasteiger partial charge in [-0.1, -0.05) is 18.2 Å². The normalized spacial score (nSPS) is 12.6. The van der Waals surface area contributed by atoms with Crippen LogP contribution < -0.4 is 4.31 Å². The highest BCUT2D eigenvalue weighted by Gasteiger charge is 2.27. The topological polar surface area (TPSA) is 94.9 Å². The summed E-state index contributed by atoms with van der Waals surface area (Å²) in [5, 5.41) is 18.6. The lowest BCUT2D eigenvalue weighted by molar-refractivity contribution is 0.0691. The zero-order chi connectivity index (χ0) is 17.9. The number of carboxylic acids is 1. The average Bonchev–Trinajstić information content (AvgIpc) is 2.53. The highest BCUT2D eigenvalue weighted by molar-refractivity contribution is 7.92. The predicted molar refractivity (Wildman–Crippen MR) is 86.0 cm³/mol. The van der Waals surface area contributed by atoms with Crippen molar-refractivity contribution in [2.45, 2.75) is 17.9 Å². The maximum absolute atomic E-state index is 13.5. The second-order valence-electron chi connectivity index (χ2n) is 5.17. The molecule has 0 radical (unpaired) electrons. The molecule has 1 atom stereocenters. The zero-order valence-electron chi connectivity index (χ0n) is 12.8. The molecular formula is C16H16FNO5S. The van der Waals surface area contributed by atoms with Crippen molar-refractivity contribution in [3.63, 3.8) is 0 Å². The molecule has 24 heavy (non-hydrogen) atoms. The van der Waals surface area contributed by atoms with Crippen LogP contribution in [0, 0.1) is 5.82 Å². The van der Waals surface area contributed by atoms with Crippen molar-refractivity contribution >= 4 is 21.7 Å². The van der Waals surface area contributed by atoms with E-state index in [-0.39, 0.29) is 11.4 Å². The minimum Gasteiger partial charge on any atom is -0.478 e. The first-order valence-electron chi connectivity index (χ1n) is 7.02. The Morgan fingerprint density at radius 1 is 1.21 bits per heavy atom. The third-order valence-corrected chi connectivity index (χ3v) is 5.02. The number of hydrogen-bond acceptors (Lipinski definition) is 4. The summed E-state index contributed by atoms with van der Waals surface area (Å²) in [6.45, 7) is 1.20. The number of aliphatic hydroxyl groups excluding tert-OH is 1. The number of sulfonamides is 1. The van der Waals surface area contributed by atoms with Gasteiger partial charge >= 0.3 is 5.97 Å². The SMILES string of the molecule is C[C@@H](O)CN(c1ccccc1)S(=O)(=O)c1ccc(F)c(C(=O)O)c1. The third-order valence-electron chi connectivity index (χ3n) is 3.23. The fourth-order valence-electron chi connectivity index (χ4n) is 2.13. The van der Waals surface area contributed by atoms with Gasteiger partial charge in [0.1, 0.15) is 5.82 Å². The maximum atomic E-state index is 13.5. The largest absolute Gasteiger partial charge is 0.478 e. The number of halogens is 1. The van der Waals surface area contributed by atoms with Crippen LogP contribution in [0.25, 0.3) is 0 Å². The van der Waals surface area contributed by atoms with Gasteiger partial charge in [-0.05, 0) is 37.3 Å². The smallest absolute Gasteiger partial charge is 0.338 e. The lowest BCUT2D eigenvalue weighted by Gasteiger charge is -2.25. The van der Waals surface area contributed by atoms with E-state index in [1.165, 1.54) is 6.92 Å². The van der Waals surface area contributed by atoms with Crippen LogP contribution in [0.1, 0.15) is 17.3 Å². The van der Waals surface area contributed by atoms with Crippen molar-refractivity contribution in [1.82, 2.24) is 0 Å². The summed E-state index contributed by atoms with van der Waals surface area (Å²) in [5.41, 5.74) is -0.430. The van der Waals surface area contributed by atoms with E-state index in [9.17, 15) is 22.7 Å². The second-order valence-corrected chi connectivity index (χ2v) is 7.03. The minimum absolute atomic E-state index is 0.230. The van der Waals surface area contributed by atoms with Gasteiger partial charge in [0.2, 0.25) is 0 Å². The van der Waals surface area contributed by atoms with E-state index in [2.05, 4.69) is 0 Å². The van der Waals surface area contributed by atoms with Gasteiger partial charge in [0, 0.05) is 0 Å². The van der Waals surface area contributed by atoms with Gasteiger partial charge in [-0.15, -0.1) is 0 Å². The Kier molecular flexibility index (Phi) is 5.20. The molecule has 0 spiro atoms. The summed E-state index contributed by atoms with van der Waals surface area (Å²) in [6.07, 6.45) is -0.959. The molecule has 8 heteroatoms. The van der Waals surface area contributed by atoms with E-state index in [1.807, 2.05) is 0 Å². The van der Waals surface area contributed by atoms with E-state index in [4.69, 9.17) is 5.11 Å². The molecule has 6 nitrogen and oxygen atoms in total. The lowest BCUT2D eigenvalue weighted by Crippen LogP contribution is -2.36. The maximum Gasteiger partial charge on any atom is 0.338 e. The molecule has 0 amide bonds. The number of para-hydroxylation sites is 1. The summed E-state index contributed by atoms with van der Waals surface area (Å²) in [5.74, 6) is -2.59. The van der Waals surface area contributed by atoms with Gasteiger partial charge < -0.3 is 10.2 Å². The molecule has 0 saturated carbocycles. The van der Waals surface area contributed by atoms with Crippen LogP contribution in [-0.2, 0) is 10.0 Å². The Morgan fingerprint density at radius 3 is 2.38 bits per heavy atom. The highest BCUT2D eigenvalue weighted by Crippen LogP contribution is 2.25. The van der Waals surface area contributed by atoms with E-state index >= 15 is 0 Å². The van der Waals surface area contributed by atoms with Crippen molar-refractivity contribution < 1.29 is 27.8 Å². The lowest BCUT2D eigenvalue weighted by atomic mass is 10.2. The Balaban J connectivity index is 2.56. The molecule has 2 N–H and O–H groups in total. The molecule has 0 aliphatic rings. The number of anilines is 1. The summed E-state index contributed by atoms with van der Waals surface area (Å²) < 4.78 is 40.2. The molecule has 0 bridgehead atoms. The van der Waals surface area contributed by atoms with E-state index in [0.29, 0.717) is 5.69 Å². The molecule has 2 aromatic rings. The molecule has 0 aliphatic carbocycles. The van der Waals surface area contributed by atoms with Gasteiger partial charge in [-0.3, -0.25) is 4.31 Å². The van der Waals surface area contributed by atoms with Gasteiger partial charge in [-0.25, -0.2) is 17.6 Å². The molecule has 0 aromatic heterocycles. The average molecular weight is 353 g/mol. The van der Waals surface area contributed by atoms with Gasteiger partial charge in [0.25, 0.3) is 10.0 Å². The van der Waals surface area contributed by atoms with Crippen molar-refractivity contribution in [1.29, 1.82) is 0 Å². The summed E-state index contributed by atoms with van der Waals surface area (Å²) in [4.78, 5) is 10.7. The third kappa shape index (κ3) is 3.72. The Morgan fingerprint density at radius 2 is 1.83 bits per heavy atom. The molecule has 0 saturated heterocycles. The number of nitrogens with zero attached hydrogens (tertiary/aromatic N) is 1. The van der Waals surface area contributed by atoms with Gasteiger partial charge in [-0.2, -0.15) is 0 Å². The van der Waals surface area contributed by atoms with Crippen LogP contribution in [0.4, 0.5) is 10.1 Å². The van der Waals surface area contributed by atoms with Crippen LogP contribution in [0.5, 0.6) is 0 Å². The van der Waals surface area contributed by atoms with Crippen molar-refractivity contribution in [2.75, 3.05) is 10.8 Å². The van der Waals surface area contributed by atoms with Gasteiger partial charge in [0.05, 0.1) is 28.8 Å². The van der Waals surface area contributed by atoms with Crippen LogP contribution in [0.15, 0.2) is 53.4 Å². The number of carboxylic acid groups (broad SMARTS) is 1. The monoisotopic (exact) mass is 353 g/mol. The summed E-state index contributed by atoms with van der Waals surface area (Å²) in [6, 6.07) is 10.6. The quantitative estimate of drug-likeness (QED) is 0.829. The second kappa shape index (κ2) is 6.98. The fourth-order valence-corrected chi connectivity index (χ4v) is 3.71. The molecule has 0 unspecified atom stereocenters. The summed E-state index contributed by atoms with van der Waals surface area (Å²) >= 11 is 0.